The zero-order chi connectivity index (χ0) is 18.5. The van der Waals surface area contributed by atoms with Gasteiger partial charge in [0.15, 0.2) is 0 Å². The Balaban J connectivity index is 1.50. The van der Waals surface area contributed by atoms with Gasteiger partial charge in [-0.1, -0.05) is 13.0 Å². The maximum atomic E-state index is 12.0. The second kappa shape index (κ2) is 5.80. The van der Waals surface area contributed by atoms with Gasteiger partial charge in [-0.05, 0) is 30.5 Å². The van der Waals surface area contributed by atoms with Crippen LogP contribution in [0.5, 0.6) is 0 Å². The first kappa shape index (κ1) is 15.8. The fourth-order valence-electron chi connectivity index (χ4n) is 3.47. The number of imidazole rings is 1. The fraction of sp³-hybridized carbons (Fsp3) is 0.263. The zero-order valence-electron chi connectivity index (χ0n) is 14.8. The van der Waals surface area contributed by atoms with Crippen LogP contribution in [0.15, 0.2) is 30.5 Å². The Bertz CT molecular complexity index is 1160. The lowest BCUT2D eigenvalue weighted by molar-refractivity contribution is -0.122. The highest BCUT2D eigenvalue weighted by Gasteiger charge is 2.38. The van der Waals surface area contributed by atoms with E-state index in [0.29, 0.717) is 29.6 Å². The SMILES string of the molecule is CC1CC1C(=O)NCc1nc2c([nH]1)c(N)nc1cc(-c3ccn[nH]3)ccc12. The largest absolute Gasteiger partial charge is 0.382 e. The lowest BCUT2D eigenvalue weighted by Crippen LogP contribution is -2.25. The van der Waals surface area contributed by atoms with Crippen LogP contribution in [0.2, 0.25) is 0 Å². The molecule has 1 aromatic carbocycles. The molecular weight excluding hydrogens is 342 g/mol. The van der Waals surface area contributed by atoms with Crippen LogP contribution in [0.3, 0.4) is 0 Å². The molecule has 3 heterocycles. The average molecular weight is 361 g/mol. The maximum absolute atomic E-state index is 12.0. The quantitative estimate of drug-likeness (QED) is 0.444. The number of carbonyl (C=O) groups is 1. The Kier molecular flexibility index (Phi) is 3.40. The first-order valence-corrected chi connectivity index (χ1v) is 8.95. The van der Waals surface area contributed by atoms with Gasteiger partial charge in [-0.3, -0.25) is 9.89 Å². The number of aromatic amines is 2. The van der Waals surface area contributed by atoms with Gasteiger partial charge in [0, 0.05) is 23.1 Å². The molecule has 8 nitrogen and oxygen atoms in total. The first-order chi connectivity index (χ1) is 13.1. The van der Waals surface area contributed by atoms with Crippen molar-refractivity contribution in [3.8, 4) is 11.3 Å². The van der Waals surface area contributed by atoms with Gasteiger partial charge in [0.1, 0.15) is 22.7 Å². The van der Waals surface area contributed by atoms with Gasteiger partial charge in [0.05, 0.1) is 17.8 Å². The molecule has 0 aliphatic heterocycles. The normalized spacial score (nSPS) is 18.9. The van der Waals surface area contributed by atoms with Crippen molar-refractivity contribution in [2.45, 2.75) is 19.9 Å². The molecule has 5 N–H and O–H groups in total. The number of rotatable bonds is 4. The van der Waals surface area contributed by atoms with Crippen molar-refractivity contribution in [3.63, 3.8) is 0 Å². The van der Waals surface area contributed by atoms with E-state index < -0.39 is 0 Å². The molecule has 3 aromatic heterocycles. The summed E-state index contributed by atoms with van der Waals surface area (Å²) in [7, 11) is 0. The number of fused-ring (bicyclic) bond motifs is 3. The monoisotopic (exact) mass is 361 g/mol. The number of nitrogens with zero attached hydrogens (tertiary/aromatic N) is 3. The summed E-state index contributed by atoms with van der Waals surface area (Å²) in [5.74, 6) is 1.77. The lowest BCUT2D eigenvalue weighted by Gasteiger charge is -2.03. The number of anilines is 1. The summed E-state index contributed by atoms with van der Waals surface area (Å²) in [6.07, 6.45) is 2.67. The molecule has 4 aromatic rings. The molecule has 1 fully saturated rings. The molecule has 0 radical (unpaired) electrons. The average Bonchev–Trinajstić information content (AvgIpc) is 3.07. The van der Waals surface area contributed by atoms with Gasteiger partial charge >= 0.3 is 0 Å². The number of amides is 1. The van der Waals surface area contributed by atoms with Crippen molar-refractivity contribution in [3.05, 3.63) is 36.3 Å². The Hall–Kier alpha value is -3.42. The van der Waals surface area contributed by atoms with Gasteiger partial charge in [-0.15, -0.1) is 0 Å². The number of nitrogens with one attached hydrogen (secondary N) is 3. The minimum Gasteiger partial charge on any atom is -0.382 e. The number of hydrogen-bond acceptors (Lipinski definition) is 5. The number of pyridine rings is 1. The molecule has 1 aliphatic carbocycles. The molecule has 2 unspecified atom stereocenters. The van der Waals surface area contributed by atoms with E-state index >= 15 is 0 Å². The second-order valence-electron chi connectivity index (χ2n) is 7.14. The summed E-state index contributed by atoms with van der Waals surface area (Å²) < 4.78 is 0. The molecule has 5 rings (SSSR count). The Morgan fingerprint density at radius 3 is 2.93 bits per heavy atom. The highest BCUT2D eigenvalue weighted by atomic mass is 16.2. The van der Waals surface area contributed by atoms with E-state index in [-0.39, 0.29) is 11.8 Å². The number of carbonyl (C=O) groups excluding carboxylic acids is 1. The number of aromatic nitrogens is 5. The van der Waals surface area contributed by atoms with Gasteiger partial charge in [0.2, 0.25) is 5.91 Å². The molecule has 0 saturated heterocycles. The summed E-state index contributed by atoms with van der Waals surface area (Å²) in [5.41, 5.74) is 10.3. The topological polar surface area (TPSA) is 125 Å². The summed E-state index contributed by atoms with van der Waals surface area (Å²) in [6, 6.07) is 7.84. The molecule has 136 valence electrons. The summed E-state index contributed by atoms with van der Waals surface area (Å²) >= 11 is 0. The van der Waals surface area contributed by atoms with Gasteiger partial charge < -0.3 is 16.0 Å². The Labute approximate surface area is 154 Å². The lowest BCUT2D eigenvalue weighted by atomic mass is 10.1. The van der Waals surface area contributed by atoms with Crippen LogP contribution >= 0.6 is 0 Å². The van der Waals surface area contributed by atoms with Crippen LogP contribution < -0.4 is 11.1 Å². The number of H-pyrrole nitrogens is 2. The predicted molar refractivity (Wildman–Crippen MR) is 103 cm³/mol. The smallest absolute Gasteiger partial charge is 0.223 e. The molecule has 1 amide bonds. The van der Waals surface area contributed by atoms with E-state index in [4.69, 9.17) is 5.73 Å². The number of nitrogen functional groups attached to an aromatic ring is 1. The van der Waals surface area contributed by atoms with E-state index in [2.05, 4.69) is 37.4 Å². The van der Waals surface area contributed by atoms with Crippen LogP contribution in [-0.4, -0.2) is 31.1 Å². The summed E-state index contributed by atoms with van der Waals surface area (Å²) in [4.78, 5) is 24.4. The molecular formula is C19H19N7O. The van der Waals surface area contributed by atoms with E-state index in [1.807, 2.05) is 24.3 Å². The standard InChI is InChI=1S/C19H19N7O/c1-9-6-12(9)19(27)21-8-15-24-16-11-3-2-10(13-4-5-22-26-13)7-14(11)23-18(20)17(16)25-15/h2-5,7,9,12H,6,8H2,1H3,(H2,20,23)(H,21,27)(H,22,26)(H,24,25). The third-order valence-electron chi connectivity index (χ3n) is 5.19. The number of benzene rings is 1. The van der Waals surface area contributed by atoms with Gasteiger partial charge in [-0.25, -0.2) is 9.97 Å². The zero-order valence-corrected chi connectivity index (χ0v) is 14.8. The van der Waals surface area contributed by atoms with E-state index in [9.17, 15) is 4.79 Å². The Morgan fingerprint density at radius 2 is 2.19 bits per heavy atom. The second-order valence-corrected chi connectivity index (χ2v) is 7.14. The van der Waals surface area contributed by atoms with Crippen LogP contribution in [-0.2, 0) is 11.3 Å². The van der Waals surface area contributed by atoms with E-state index in [0.717, 1.165) is 34.1 Å². The summed E-state index contributed by atoms with van der Waals surface area (Å²) in [5, 5.41) is 10.8. The van der Waals surface area contributed by atoms with Crippen molar-refractivity contribution in [1.82, 2.24) is 30.5 Å². The third-order valence-corrected chi connectivity index (χ3v) is 5.19. The van der Waals surface area contributed by atoms with Crippen molar-refractivity contribution in [1.29, 1.82) is 0 Å². The fourth-order valence-corrected chi connectivity index (χ4v) is 3.47. The van der Waals surface area contributed by atoms with Gasteiger partial charge in [-0.2, -0.15) is 5.10 Å². The minimum absolute atomic E-state index is 0.0862. The van der Waals surface area contributed by atoms with Crippen LogP contribution in [0.25, 0.3) is 33.2 Å². The van der Waals surface area contributed by atoms with Crippen molar-refractivity contribution in [2.24, 2.45) is 11.8 Å². The molecule has 0 bridgehead atoms. The predicted octanol–water partition coefficient (Wildman–Crippen LogP) is 2.36. The molecule has 1 aliphatic rings. The summed E-state index contributed by atoms with van der Waals surface area (Å²) in [6.45, 7) is 2.44. The molecule has 2 atom stereocenters. The highest BCUT2D eigenvalue weighted by molar-refractivity contribution is 6.07. The van der Waals surface area contributed by atoms with Crippen molar-refractivity contribution < 1.29 is 4.79 Å². The van der Waals surface area contributed by atoms with E-state index in [1.165, 1.54) is 0 Å². The molecule has 0 spiro atoms. The highest BCUT2D eigenvalue weighted by Crippen LogP contribution is 2.37. The molecule has 27 heavy (non-hydrogen) atoms. The van der Waals surface area contributed by atoms with Crippen molar-refractivity contribution in [2.75, 3.05) is 5.73 Å². The Morgan fingerprint density at radius 1 is 1.33 bits per heavy atom. The third kappa shape index (κ3) is 2.69. The maximum Gasteiger partial charge on any atom is 0.223 e. The first-order valence-electron chi connectivity index (χ1n) is 8.95. The molecule has 8 heteroatoms. The van der Waals surface area contributed by atoms with Crippen molar-refractivity contribution >= 4 is 33.7 Å². The van der Waals surface area contributed by atoms with Crippen LogP contribution in [0, 0.1) is 11.8 Å². The molecule has 1 saturated carbocycles. The number of hydrogen-bond donors (Lipinski definition) is 4. The van der Waals surface area contributed by atoms with Gasteiger partial charge in [0.25, 0.3) is 0 Å². The van der Waals surface area contributed by atoms with E-state index in [1.54, 1.807) is 6.20 Å². The minimum atomic E-state index is 0.0862. The van der Waals surface area contributed by atoms with Crippen LogP contribution in [0.1, 0.15) is 19.2 Å². The van der Waals surface area contributed by atoms with Crippen LogP contribution in [0.4, 0.5) is 5.82 Å². The number of nitrogens with two attached hydrogens (primary N) is 1.